The molecule has 3 rings (SSSR count). The van der Waals surface area contributed by atoms with E-state index < -0.39 is 34.5 Å². The van der Waals surface area contributed by atoms with Crippen LogP contribution in [0.1, 0.15) is 155 Å². The van der Waals surface area contributed by atoms with Crippen molar-refractivity contribution in [2.45, 2.75) is 195 Å². The average molecular weight is 921 g/mol. The molecule has 1 fully saturated rings. The van der Waals surface area contributed by atoms with E-state index >= 15 is 4.79 Å². The number of likely N-dealkylation sites (N-methyl/N-ethyl adjacent to an activating group) is 1. The van der Waals surface area contributed by atoms with Gasteiger partial charge in [0.05, 0.1) is 23.7 Å². The summed E-state index contributed by atoms with van der Waals surface area (Å²) < 4.78 is 11.4. The number of rotatable bonds is 34. The van der Waals surface area contributed by atoms with Crippen LogP contribution in [0.5, 0.6) is 0 Å². The van der Waals surface area contributed by atoms with Crippen LogP contribution in [0.15, 0.2) is 48.5 Å². The minimum atomic E-state index is -0.972. The molecule has 5 unspecified atom stereocenters. The molecule has 0 bridgehead atoms. The molecule has 6 N–H and O–H groups in total. The van der Waals surface area contributed by atoms with E-state index in [1.165, 1.54) is 31.5 Å². The van der Waals surface area contributed by atoms with Gasteiger partial charge in [-0.15, -0.1) is 0 Å². The topological polar surface area (TPSA) is 170 Å². The number of carbonyl (C=O) groups excluding carboxylic acids is 4. The number of aliphatic hydroxyl groups is 1. The molecule has 1 aliphatic heterocycles. The molecule has 1 saturated heterocycles. The maximum absolute atomic E-state index is 15.0. The molecule has 0 radical (unpaired) electrons. The summed E-state index contributed by atoms with van der Waals surface area (Å²) in [4.78, 5) is 58.6. The van der Waals surface area contributed by atoms with Crippen LogP contribution in [0, 0.1) is 5.41 Å². The number of ketones is 2. The van der Waals surface area contributed by atoms with Crippen molar-refractivity contribution in [3.63, 3.8) is 0 Å². The first-order valence-corrected chi connectivity index (χ1v) is 25.1. The highest BCUT2D eigenvalue weighted by Gasteiger charge is 2.51. The number of ether oxygens (including phenoxy) is 2. The fourth-order valence-electron chi connectivity index (χ4n) is 8.64. The van der Waals surface area contributed by atoms with Crippen LogP contribution in [0.25, 0.3) is 0 Å². The van der Waals surface area contributed by atoms with E-state index in [4.69, 9.17) is 9.47 Å². The Hall–Kier alpha value is -3.56. The van der Waals surface area contributed by atoms with Gasteiger partial charge >= 0.3 is 11.9 Å². The SMILES string of the molecule is CCC(O)CNCc1ccc(COC(=O)CC[C@H](NC(C)(CC)C(C)(CC)C(=O)[C@H](CCC(=O)OCc2ccc(CNCCN3CCCC3)cc2)NC(C)CC)C(=O)C(C)(CC)NC)cc1. The highest BCUT2D eigenvalue weighted by Crippen LogP contribution is 2.41. The number of esters is 2. The third-order valence-corrected chi connectivity index (χ3v) is 14.6. The zero-order valence-electron chi connectivity index (χ0n) is 42.4. The van der Waals surface area contributed by atoms with Crippen molar-refractivity contribution in [3.8, 4) is 0 Å². The summed E-state index contributed by atoms with van der Waals surface area (Å²) in [7, 11) is 1.77. The molecule has 7 atom stereocenters. The fourth-order valence-corrected chi connectivity index (χ4v) is 8.64. The Morgan fingerprint density at radius 2 is 1.21 bits per heavy atom. The predicted molar refractivity (Wildman–Crippen MR) is 265 cm³/mol. The van der Waals surface area contributed by atoms with Gasteiger partial charge in [-0.25, -0.2) is 0 Å². The first kappa shape index (κ1) is 56.8. The van der Waals surface area contributed by atoms with Crippen LogP contribution >= 0.6 is 0 Å². The number of likely N-dealkylation sites (tertiary alicyclic amines) is 1. The molecule has 2 aromatic carbocycles. The maximum atomic E-state index is 15.0. The molecule has 13 heteroatoms. The van der Waals surface area contributed by atoms with Crippen LogP contribution in [0.2, 0.25) is 0 Å². The second-order valence-electron chi connectivity index (χ2n) is 19.2. The molecule has 372 valence electrons. The lowest BCUT2D eigenvalue weighted by Gasteiger charge is -2.49. The lowest BCUT2D eigenvalue weighted by atomic mass is 9.63. The number of hydrogen-bond acceptors (Lipinski definition) is 13. The minimum Gasteiger partial charge on any atom is -0.461 e. The highest BCUT2D eigenvalue weighted by molar-refractivity contribution is 5.94. The Kier molecular flexibility index (Phi) is 24.7. The van der Waals surface area contributed by atoms with Crippen LogP contribution in [0.4, 0.5) is 0 Å². The Labute approximate surface area is 398 Å². The second-order valence-corrected chi connectivity index (χ2v) is 19.2. The van der Waals surface area contributed by atoms with Crippen LogP contribution in [-0.2, 0) is 55.0 Å². The zero-order chi connectivity index (χ0) is 48.8. The van der Waals surface area contributed by atoms with E-state index in [1.807, 2.05) is 91.8 Å². The number of carbonyl (C=O) groups is 4. The highest BCUT2D eigenvalue weighted by atomic mass is 16.5. The van der Waals surface area contributed by atoms with Gasteiger partial charge in [0.1, 0.15) is 13.2 Å². The van der Waals surface area contributed by atoms with Crippen LogP contribution in [-0.4, -0.2) is 109 Å². The van der Waals surface area contributed by atoms with E-state index in [2.05, 4.69) is 50.5 Å². The Morgan fingerprint density at radius 3 is 1.68 bits per heavy atom. The maximum Gasteiger partial charge on any atom is 0.306 e. The Bertz CT molecular complexity index is 1750. The van der Waals surface area contributed by atoms with Gasteiger partial charge in [0.2, 0.25) is 0 Å². The number of aliphatic hydroxyl groups excluding tert-OH is 1. The molecule has 0 aromatic heterocycles. The lowest BCUT2D eigenvalue weighted by Crippen LogP contribution is -2.67. The van der Waals surface area contributed by atoms with E-state index in [0.29, 0.717) is 38.8 Å². The molecule has 1 heterocycles. The van der Waals surface area contributed by atoms with E-state index in [1.54, 1.807) is 7.05 Å². The van der Waals surface area contributed by atoms with Crippen molar-refractivity contribution < 1.29 is 33.8 Å². The number of Topliss-reactive ketones (excluding diaryl/α,β-unsaturated/α-hetero) is 2. The van der Waals surface area contributed by atoms with Gasteiger partial charge in [-0.1, -0.05) is 90.1 Å². The quantitative estimate of drug-likeness (QED) is 0.0317. The van der Waals surface area contributed by atoms with Gasteiger partial charge in [-0.3, -0.25) is 19.2 Å². The Morgan fingerprint density at radius 1 is 0.697 bits per heavy atom. The summed E-state index contributed by atoms with van der Waals surface area (Å²) in [6.45, 7) is 24.5. The smallest absolute Gasteiger partial charge is 0.306 e. The van der Waals surface area contributed by atoms with Crippen molar-refractivity contribution >= 4 is 23.5 Å². The molecule has 2 aromatic rings. The molecule has 66 heavy (non-hydrogen) atoms. The fraction of sp³-hybridized carbons (Fsp3) is 0.698. The third-order valence-electron chi connectivity index (χ3n) is 14.6. The summed E-state index contributed by atoms with van der Waals surface area (Å²) >= 11 is 0. The van der Waals surface area contributed by atoms with Crippen molar-refractivity contribution in [2.24, 2.45) is 5.41 Å². The molecule has 0 aliphatic carbocycles. The van der Waals surface area contributed by atoms with Crippen molar-refractivity contribution in [3.05, 3.63) is 70.8 Å². The summed E-state index contributed by atoms with van der Waals surface area (Å²) in [5.41, 5.74) is 1.28. The molecule has 0 spiro atoms. The van der Waals surface area contributed by atoms with Crippen LogP contribution in [0.3, 0.4) is 0 Å². The molecule has 13 nitrogen and oxygen atoms in total. The molecule has 0 saturated carbocycles. The second kappa shape index (κ2) is 28.7. The van der Waals surface area contributed by atoms with E-state index in [0.717, 1.165) is 42.7 Å². The van der Waals surface area contributed by atoms with Gasteiger partial charge in [0.15, 0.2) is 11.6 Å². The van der Waals surface area contributed by atoms with Crippen LogP contribution < -0.4 is 26.6 Å². The van der Waals surface area contributed by atoms with Gasteiger partial charge in [0.25, 0.3) is 0 Å². The zero-order valence-corrected chi connectivity index (χ0v) is 42.4. The Balaban J connectivity index is 1.68. The number of benzene rings is 2. The standard InChI is InChI=1S/C53H88N6O7/c1-11-39(6)57-45(26-28-47(61)65-37-42-22-18-40(19-23-42)34-55-30-33-59-31-16-17-32-59)49(63)51(7,13-3)53(9,15-5)58-46(50(64)52(8,14-4)54-10)27-29-48(62)66-38-43-24-20-41(21-25-43)35-56-36-44(60)12-2/h18-25,39,44-46,54-58,60H,11-17,26-38H2,1-10H3/t39?,44?,45-,46-,51?,52?,53?/m0/s1. The van der Waals surface area contributed by atoms with Gasteiger partial charge < -0.3 is 46.1 Å². The normalized spacial score (nSPS) is 17.7. The number of hydrogen-bond donors (Lipinski definition) is 6. The monoisotopic (exact) mass is 921 g/mol. The summed E-state index contributed by atoms with van der Waals surface area (Å²) in [5.74, 6) is -0.894. The summed E-state index contributed by atoms with van der Waals surface area (Å²) in [6.07, 6.45) is 5.76. The first-order valence-electron chi connectivity index (χ1n) is 25.1. The van der Waals surface area contributed by atoms with E-state index in [-0.39, 0.29) is 68.6 Å². The molecular formula is C53H88N6O7. The number of nitrogens with zero attached hydrogens (tertiary/aromatic N) is 1. The van der Waals surface area contributed by atoms with E-state index in [9.17, 15) is 19.5 Å². The third kappa shape index (κ3) is 17.5. The minimum absolute atomic E-state index is 0.00582. The first-order chi connectivity index (χ1) is 31.5. The lowest BCUT2D eigenvalue weighted by molar-refractivity contribution is -0.147. The average Bonchev–Trinajstić information content (AvgIpc) is 3.87. The number of nitrogens with one attached hydrogen (secondary N) is 5. The summed E-state index contributed by atoms with van der Waals surface area (Å²) in [5, 5.41) is 27.0. The van der Waals surface area contributed by atoms with Crippen molar-refractivity contribution in [2.75, 3.05) is 39.8 Å². The van der Waals surface area contributed by atoms with Gasteiger partial charge in [0, 0.05) is 62.6 Å². The largest absolute Gasteiger partial charge is 0.461 e. The van der Waals surface area contributed by atoms with Gasteiger partial charge in [-0.05, 0) is 121 Å². The van der Waals surface area contributed by atoms with Gasteiger partial charge in [-0.2, -0.15) is 0 Å². The van der Waals surface area contributed by atoms with Crippen molar-refractivity contribution in [1.29, 1.82) is 0 Å². The predicted octanol–water partition coefficient (Wildman–Crippen LogP) is 6.91. The molecule has 0 amide bonds. The molecular weight excluding hydrogens is 833 g/mol. The molecule has 1 aliphatic rings. The summed E-state index contributed by atoms with van der Waals surface area (Å²) in [6, 6.07) is 14.5. The van der Waals surface area contributed by atoms with Crippen molar-refractivity contribution in [1.82, 2.24) is 31.5 Å².